The van der Waals surface area contributed by atoms with Crippen molar-refractivity contribution in [2.24, 2.45) is 5.73 Å². The van der Waals surface area contributed by atoms with Crippen molar-refractivity contribution in [3.8, 4) is 17.0 Å². The summed E-state index contributed by atoms with van der Waals surface area (Å²) >= 11 is 0. The Morgan fingerprint density at radius 2 is 1.89 bits per heavy atom. The van der Waals surface area contributed by atoms with E-state index in [1.54, 1.807) is 12.1 Å². The highest BCUT2D eigenvalue weighted by atomic mass is 16.3. The lowest BCUT2D eigenvalue weighted by Crippen LogP contribution is -2.02. The molecule has 90 valence electrons. The minimum Gasteiger partial charge on any atom is -0.508 e. The summed E-state index contributed by atoms with van der Waals surface area (Å²) in [6.45, 7) is 0.475. The summed E-state index contributed by atoms with van der Waals surface area (Å²) in [5.74, 6) is 0.255. The molecule has 0 aliphatic carbocycles. The predicted octanol–water partition coefficient (Wildman–Crippen LogP) is 2.17. The number of aromatic nitrogens is 2. The van der Waals surface area contributed by atoms with Gasteiger partial charge in [0.25, 0.3) is 0 Å². The van der Waals surface area contributed by atoms with Crippen LogP contribution in [0.5, 0.6) is 5.75 Å². The number of imidazole rings is 1. The molecular formula is C14H13N3O. The highest BCUT2D eigenvalue weighted by Crippen LogP contribution is 2.22. The van der Waals surface area contributed by atoms with Crippen LogP contribution in [-0.4, -0.2) is 14.5 Å². The summed E-state index contributed by atoms with van der Waals surface area (Å²) in [5.41, 5.74) is 9.44. The van der Waals surface area contributed by atoms with Crippen molar-refractivity contribution in [1.82, 2.24) is 9.38 Å². The quantitative estimate of drug-likeness (QED) is 0.720. The number of phenols is 1. The first-order valence-corrected chi connectivity index (χ1v) is 5.74. The van der Waals surface area contributed by atoms with Gasteiger partial charge in [0, 0.05) is 24.0 Å². The number of aromatic hydroxyl groups is 1. The second kappa shape index (κ2) is 4.16. The van der Waals surface area contributed by atoms with Crippen LogP contribution >= 0.6 is 0 Å². The van der Waals surface area contributed by atoms with Crippen molar-refractivity contribution < 1.29 is 5.11 Å². The van der Waals surface area contributed by atoms with Crippen LogP contribution in [0.2, 0.25) is 0 Å². The fourth-order valence-corrected chi connectivity index (χ4v) is 2.01. The molecule has 0 saturated carbocycles. The monoisotopic (exact) mass is 239 g/mol. The Morgan fingerprint density at radius 1 is 1.11 bits per heavy atom. The van der Waals surface area contributed by atoms with E-state index in [4.69, 9.17) is 5.73 Å². The number of pyridine rings is 1. The molecule has 3 rings (SSSR count). The van der Waals surface area contributed by atoms with Crippen molar-refractivity contribution >= 4 is 5.65 Å². The standard InChI is InChI=1S/C14H13N3O/c15-8-11-2-1-3-14-16-13(9-17(11)14)10-4-6-12(18)7-5-10/h1-7,9,18H,8,15H2. The molecular weight excluding hydrogens is 226 g/mol. The second-order valence-electron chi connectivity index (χ2n) is 4.12. The minimum atomic E-state index is 0.255. The molecule has 2 aromatic heterocycles. The molecule has 0 aliphatic heterocycles. The van der Waals surface area contributed by atoms with E-state index in [2.05, 4.69) is 4.98 Å². The zero-order valence-corrected chi connectivity index (χ0v) is 9.74. The van der Waals surface area contributed by atoms with E-state index in [0.717, 1.165) is 22.6 Å². The topological polar surface area (TPSA) is 63.5 Å². The lowest BCUT2D eigenvalue weighted by Gasteiger charge is -2.00. The molecule has 4 nitrogen and oxygen atoms in total. The van der Waals surface area contributed by atoms with Crippen molar-refractivity contribution in [3.05, 3.63) is 54.4 Å². The maximum Gasteiger partial charge on any atom is 0.137 e. The molecule has 0 saturated heterocycles. The number of benzene rings is 1. The lowest BCUT2D eigenvalue weighted by molar-refractivity contribution is 0.475. The first kappa shape index (κ1) is 10.8. The van der Waals surface area contributed by atoms with Gasteiger partial charge in [0.2, 0.25) is 0 Å². The third kappa shape index (κ3) is 1.72. The van der Waals surface area contributed by atoms with Gasteiger partial charge in [-0.3, -0.25) is 0 Å². The molecule has 0 aliphatic rings. The molecule has 0 atom stereocenters. The van der Waals surface area contributed by atoms with Crippen LogP contribution in [0.1, 0.15) is 5.69 Å². The summed E-state index contributed by atoms with van der Waals surface area (Å²) in [5, 5.41) is 9.28. The van der Waals surface area contributed by atoms with Crippen molar-refractivity contribution in [2.75, 3.05) is 0 Å². The van der Waals surface area contributed by atoms with Gasteiger partial charge >= 0.3 is 0 Å². The molecule has 3 N–H and O–H groups in total. The predicted molar refractivity (Wildman–Crippen MR) is 70.2 cm³/mol. The Bertz CT molecular complexity index is 686. The van der Waals surface area contributed by atoms with E-state index >= 15 is 0 Å². The molecule has 0 unspecified atom stereocenters. The SMILES string of the molecule is NCc1cccc2nc(-c3ccc(O)cc3)cn12. The Kier molecular flexibility index (Phi) is 2.50. The molecule has 0 bridgehead atoms. The van der Waals surface area contributed by atoms with Crippen LogP contribution in [0.3, 0.4) is 0 Å². The number of hydrogen-bond donors (Lipinski definition) is 2. The van der Waals surface area contributed by atoms with Crippen molar-refractivity contribution in [3.63, 3.8) is 0 Å². The van der Waals surface area contributed by atoms with Gasteiger partial charge in [-0.05, 0) is 36.4 Å². The lowest BCUT2D eigenvalue weighted by atomic mass is 10.2. The van der Waals surface area contributed by atoms with Crippen molar-refractivity contribution in [2.45, 2.75) is 6.54 Å². The number of fused-ring (bicyclic) bond motifs is 1. The van der Waals surface area contributed by atoms with Crippen LogP contribution in [0.25, 0.3) is 16.9 Å². The van der Waals surface area contributed by atoms with Gasteiger partial charge in [0.05, 0.1) is 5.69 Å². The number of hydrogen-bond acceptors (Lipinski definition) is 3. The summed E-state index contributed by atoms with van der Waals surface area (Å²) in [6.07, 6.45) is 1.96. The molecule has 18 heavy (non-hydrogen) atoms. The summed E-state index contributed by atoms with van der Waals surface area (Å²) in [6, 6.07) is 12.9. The molecule has 0 spiro atoms. The van der Waals surface area contributed by atoms with E-state index in [1.807, 2.05) is 40.9 Å². The maximum atomic E-state index is 9.28. The van der Waals surface area contributed by atoms with E-state index in [0.29, 0.717) is 6.54 Å². The average molecular weight is 239 g/mol. The number of nitrogens with zero attached hydrogens (tertiary/aromatic N) is 2. The van der Waals surface area contributed by atoms with Crippen LogP contribution in [0.4, 0.5) is 0 Å². The molecule has 0 fully saturated rings. The highest BCUT2D eigenvalue weighted by molar-refractivity contribution is 5.63. The Balaban J connectivity index is 2.16. The van der Waals surface area contributed by atoms with Gasteiger partial charge in [0.1, 0.15) is 11.4 Å². The largest absolute Gasteiger partial charge is 0.508 e. The number of phenolic OH excluding ortho intramolecular Hbond substituents is 1. The highest BCUT2D eigenvalue weighted by Gasteiger charge is 2.06. The molecule has 2 heterocycles. The average Bonchev–Trinajstić information content (AvgIpc) is 2.83. The van der Waals surface area contributed by atoms with Gasteiger partial charge in [-0.25, -0.2) is 4.98 Å². The molecule has 0 radical (unpaired) electrons. The number of rotatable bonds is 2. The first-order chi connectivity index (χ1) is 8.78. The number of nitrogens with two attached hydrogens (primary N) is 1. The maximum absolute atomic E-state index is 9.28. The summed E-state index contributed by atoms with van der Waals surface area (Å²) in [4.78, 5) is 4.55. The van der Waals surface area contributed by atoms with E-state index < -0.39 is 0 Å². The summed E-state index contributed by atoms with van der Waals surface area (Å²) < 4.78 is 1.99. The van der Waals surface area contributed by atoms with E-state index in [1.165, 1.54) is 0 Å². The Hall–Kier alpha value is -2.33. The smallest absolute Gasteiger partial charge is 0.137 e. The van der Waals surface area contributed by atoms with Gasteiger partial charge in [-0.15, -0.1) is 0 Å². The first-order valence-electron chi connectivity index (χ1n) is 5.74. The van der Waals surface area contributed by atoms with Crippen LogP contribution in [-0.2, 0) is 6.54 Å². The zero-order valence-electron chi connectivity index (χ0n) is 9.74. The molecule has 1 aromatic carbocycles. The minimum absolute atomic E-state index is 0.255. The third-order valence-corrected chi connectivity index (χ3v) is 2.95. The molecule has 4 heteroatoms. The Morgan fingerprint density at radius 3 is 2.61 bits per heavy atom. The molecule has 0 amide bonds. The van der Waals surface area contributed by atoms with Gasteiger partial charge in [-0.2, -0.15) is 0 Å². The zero-order chi connectivity index (χ0) is 12.5. The fourth-order valence-electron chi connectivity index (χ4n) is 2.01. The Labute approximate surface area is 104 Å². The van der Waals surface area contributed by atoms with E-state index in [-0.39, 0.29) is 5.75 Å². The summed E-state index contributed by atoms with van der Waals surface area (Å²) in [7, 11) is 0. The van der Waals surface area contributed by atoms with Crippen LogP contribution in [0.15, 0.2) is 48.7 Å². The normalized spacial score (nSPS) is 10.9. The van der Waals surface area contributed by atoms with Gasteiger partial charge < -0.3 is 15.2 Å². The molecule has 3 aromatic rings. The van der Waals surface area contributed by atoms with Crippen molar-refractivity contribution in [1.29, 1.82) is 0 Å². The van der Waals surface area contributed by atoms with Crippen LogP contribution in [0, 0.1) is 0 Å². The van der Waals surface area contributed by atoms with Crippen LogP contribution < -0.4 is 5.73 Å². The second-order valence-corrected chi connectivity index (χ2v) is 4.12. The van der Waals surface area contributed by atoms with E-state index in [9.17, 15) is 5.11 Å². The van der Waals surface area contributed by atoms with Gasteiger partial charge in [-0.1, -0.05) is 6.07 Å². The third-order valence-electron chi connectivity index (χ3n) is 2.95. The van der Waals surface area contributed by atoms with Gasteiger partial charge in [0.15, 0.2) is 0 Å². The fraction of sp³-hybridized carbons (Fsp3) is 0.0714.